The van der Waals surface area contributed by atoms with E-state index in [1.807, 2.05) is 12.1 Å². The summed E-state index contributed by atoms with van der Waals surface area (Å²) in [4.78, 5) is 20.1. The molecule has 0 bridgehead atoms. The van der Waals surface area contributed by atoms with E-state index in [9.17, 15) is 4.79 Å². The molecule has 2 aromatic heterocycles. The molecule has 1 atom stereocenters. The SMILES string of the molecule is CCC(C)Nc1ccc(NC(=O)c2cccnc2)cn1. The van der Waals surface area contributed by atoms with Crippen LogP contribution in [0.5, 0.6) is 0 Å². The maximum absolute atomic E-state index is 11.9. The van der Waals surface area contributed by atoms with Gasteiger partial charge in [-0.15, -0.1) is 0 Å². The van der Waals surface area contributed by atoms with Crippen molar-refractivity contribution >= 4 is 17.4 Å². The van der Waals surface area contributed by atoms with Crippen LogP contribution in [-0.2, 0) is 0 Å². The van der Waals surface area contributed by atoms with E-state index in [-0.39, 0.29) is 5.91 Å². The minimum absolute atomic E-state index is 0.192. The van der Waals surface area contributed by atoms with Crippen molar-refractivity contribution in [1.29, 1.82) is 0 Å². The Kier molecular flexibility index (Phi) is 4.65. The maximum Gasteiger partial charge on any atom is 0.257 e. The second-order valence-electron chi connectivity index (χ2n) is 4.58. The number of amides is 1. The van der Waals surface area contributed by atoms with Gasteiger partial charge in [0.25, 0.3) is 5.91 Å². The summed E-state index contributed by atoms with van der Waals surface area (Å²) in [5.41, 5.74) is 1.18. The van der Waals surface area contributed by atoms with Crippen LogP contribution in [0.2, 0.25) is 0 Å². The zero-order chi connectivity index (χ0) is 14.4. The highest BCUT2D eigenvalue weighted by atomic mass is 16.1. The lowest BCUT2D eigenvalue weighted by Gasteiger charge is -2.12. The number of carbonyl (C=O) groups is 1. The summed E-state index contributed by atoms with van der Waals surface area (Å²) >= 11 is 0. The van der Waals surface area contributed by atoms with Crippen molar-refractivity contribution in [2.24, 2.45) is 0 Å². The van der Waals surface area contributed by atoms with Crippen LogP contribution in [0.1, 0.15) is 30.6 Å². The Morgan fingerprint density at radius 2 is 2.15 bits per heavy atom. The fourth-order valence-electron chi connectivity index (χ4n) is 1.61. The Labute approximate surface area is 118 Å². The van der Waals surface area contributed by atoms with Gasteiger partial charge in [0.05, 0.1) is 17.4 Å². The highest BCUT2D eigenvalue weighted by molar-refractivity contribution is 6.03. The van der Waals surface area contributed by atoms with Gasteiger partial charge in [-0.3, -0.25) is 9.78 Å². The van der Waals surface area contributed by atoms with Gasteiger partial charge in [0.15, 0.2) is 0 Å². The van der Waals surface area contributed by atoms with Crippen molar-refractivity contribution in [3.63, 3.8) is 0 Å². The first kappa shape index (κ1) is 14.0. The minimum atomic E-state index is -0.192. The highest BCUT2D eigenvalue weighted by Gasteiger charge is 2.06. The lowest BCUT2D eigenvalue weighted by Crippen LogP contribution is -2.15. The van der Waals surface area contributed by atoms with Gasteiger partial charge >= 0.3 is 0 Å². The molecule has 2 N–H and O–H groups in total. The normalized spacial score (nSPS) is 11.7. The number of aromatic nitrogens is 2. The van der Waals surface area contributed by atoms with Gasteiger partial charge in [-0.25, -0.2) is 4.98 Å². The number of rotatable bonds is 5. The quantitative estimate of drug-likeness (QED) is 0.876. The van der Waals surface area contributed by atoms with Crippen molar-refractivity contribution in [2.75, 3.05) is 10.6 Å². The lowest BCUT2D eigenvalue weighted by molar-refractivity contribution is 0.102. The monoisotopic (exact) mass is 270 g/mol. The van der Waals surface area contributed by atoms with E-state index < -0.39 is 0 Å². The molecular formula is C15H18N4O. The molecule has 5 nitrogen and oxygen atoms in total. The first-order valence-electron chi connectivity index (χ1n) is 6.63. The van der Waals surface area contributed by atoms with Crippen molar-refractivity contribution in [3.8, 4) is 0 Å². The summed E-state index contributed by atoms with van der Waals surface area (Å²) in [5.74, 6) is 0.612. The van der Waals surface area contributed by atoms with Gasteiger partial charge in [0, 0.05) is 18.4 Å². The van der Waals surface area contributed by atoms with Crippen molar-refractivity contribution < 1.29 is 4.79 Å². The Bertz CT molecular complexity index is 554. The fourth-order valence-corrected chi connectivity index (χ4v) is 1.61. The average Bonchev–Trinajstić information content (AvgIpc) is 2.50. The molecule has 104 valence electrons. The van der Waals surface area contributed by atoms with E-state index in [2.05, 4.69) is 34.4 Å². The van der Waals surface area contributed by atoms with Crippen LogP contribution in [-0.4, -0.2) is 21.9 Å². The Hall–Kier alpha value is -2.43. The summed E-state index contributed by atoms with van der Waals surface area (Å²) < 4.78 is 0. The summed E-state index contributed by atoms with van der Waals surface area (Å²) in [6.07, 6.45) is 5.83. The van der Waals surface area contributed by atoms with Crippen LogP contribution in [0.3, 0.4) is 0 Å². The molecule has 5 heteroatoms. The van der Waals surface area contributed by atoms with Crippen molar-refractivity contribution in [3.05, 3.63) is 48.4 Å². The number of carbonyl (C=O) groups excluding carboxylic acids is 1. The van der Waals surface area contributed by atoms with Crippen LogP contribution in [0.15, 0.2) is 42.9 Å². The molecule has 2 heterocycles. The molecule has 0 spiro atoms. The minimum Gasteiger partial charge on any atom is -0.368 e. The van der Waals surface area contributed by atoms with E-state index in [4.69, 9.17) is 0 Å². The lowest BCUT2D eigenvalue weighted by atomic mass is 10.2. The largest absolute Gasteiger partial charge is 0.368 e. The maximum atomic E-state index is 11.9. The van der Waals surface area contributed by atoms with E-state index in [1.54, 1.807) is 24.5 Å². The number of anilines is 2. The Morgan fingerprint density at radius 1 is 1.30 bits per heavy atom. The van der Waals surface area contributed by atoms with Gasteiger partial charge in [0.2, 0.25) is 0 Å². The topological polar surface area (TPSA) is 66.9 Å². The zero-order valence-electron chi connectivity index (χ0n) is 11.6. The van der Waals surface area contributed by atoms with E-state index >= 15 is 0 Å². The van der Waals surface area contributed by atoms with Gasteiger partial charge in [-0.05, 0) is 37.6 Å². The molecule has 1 unspecified atom stereocenters. The summed E-state index contributed by atoms with van der Waals surface area (Å²) in [7, 11) is 0. The van der Waals surface area contributed by atoms with Crippen LogP contribution in [0, 0.1) is 0 Å². The molecule has 1 amide bonds. The zero-order valence-corrected chi connectivity index (χ0v) is 11.6. The molecule has 0 aliphatic heterocycles. The van der Waals surface area contributed by atoms with E-state index in [0.717, 1.165) is 12.2 Å². The smallest absolute Gasteiger partial charge is 0.257 e. The predicted octanol–water partition coefficient (Wildman–Crippen LogP) is 2.94. The summed E-state index contributed by atoms with van der Waals surface area (Å²) in [5, 5.41) is 6.05. The second kappa shape index (κ2) is 6.65. The van der Waals surface area contributed by atoms with Crippen molar-refractivity contribution in [1.82, 2.24) is 9.97 Å². The molecule has 0 saturated heterocycles. The Morgan fingerprint density at radius 3 is 2.75 bits per heavy atom. The van der Waals surface area contributed by atoms with Crippen LogP contribution in [0.4, 0.5) is 11.5 Å². The van der Waals surface area contributed by atoms with Gasteiger partial charge in [-0.1, -0.05) is 6.92 Å². The van der Waals surface area contributed by atoms with Gasteiger partial charge in [-0.2, -0.15) is 0 Å². The molecular weight excluding hydrogens is 252 g/mol. The molecule has 2 rings (SSSR count). The van der Waals surface area contributed by atoms with Gasteiger partial charge in [0.1, 0.15) is 5.82 Å². The highest BCUT2D eigenvalue weighted by Crippen LogP contribution is 2.12. The fraction of sp³-hybridized carbons (Fsp3) is 0.267. The van der Waals surface area contributed by atoms with Crippen LogP contribution in [0.25, 0.3) is 0 Å². The number of pyridine rings is 2. The molecule has 20 heavy (non-hydrogen) atoms. The molecule has 0 fully saturated rings. The molecule has 2 aromatic rings. The molecule has 0 saturated carbocycles. The number of hydrogen-bond donors (Lipinski definition) is 2. The third kappa shape index (κ3) is 3.78. The molecule has 0 radical (unpaired) electrons. The number of hydrogen-bond acceptors (Lipinski definition) is 4. The molecule has 0 aromatic carbocycles. The average molecular weight is 270 g/mol. The molecule has 0 aliphatic carbocycles. The first-order valence-corrected chi connectivity index (χ1v) is 6.63. The van der Waals surface area contributed by atoms with Crippen LogP contribution < -0.4 is 10.6 Å². The third-order valence-electron chi connectivity index (χ3n) is 2.95. The van der Waals surface area contributed by atoms with Crippen LogP contribution >= 0.6 is 0 Å². The number of nitrogens with zero attached hydrogens (tertiary/aromatic N) is 2. The Balaban J connectivity index is 1.99. The second-order valence-corrected chi connectivity index (χ2v) is 4.58. The van der Waals surface area contributed by atoms with Crippen molar-refractivity contribution in [2.45, 2.75) is 26.3 Å². The standard InChI is InChI=1S/C15H18N4O/c1-3-11(2)18-14-7-6-13(10-17-14)19-15(20)12-5-4-8-16-9-12/h4-11H,3H2,1-2H3,(H,17,18)(H,19,20). The number of nitrogens with one attached hydrogen (secondary N) is 2. The first-order chi connectivity index (χ1) is 9.69. The van der Waals surface area contributed by atoms with Gasteiger partial charge < -0.3 is 10.6 Å². The molecule has 0 aliphatic rings. The van der Waals surface area contributed by atoms with E-state index in [1.165, 1.54) is 6.20 Å². The summed E-state index contributed by atoms with van der Waals surface area (Å²) in [6.45, 7) is 4.21. The van der Waals surface area contributed by atoms with E-state index in [0.29, 0.717) is 17.3 Å². The predicted molar refractivity (Wildman–Crippen MR) is 79.8 cm³/mol. The summed E-state index contributed by atoms with van der Waals surface area (Å²) in [6, 6.07) is 7.50. The third-order valence-corrected chi connectivity index (χ3v) is 2.95.